The van der Waals surface area contributed by atoms with Gasteiger partial charge in [-0.3, -0.25) is 53.8 Å². The number of β-amino-alcohol motifs (C(OH)–C–C–N with tert-alkyl or cyclic N) is 2. The van der Waals surface area contributed by atoms with E-state index in [-0.39, 0.29) is 128 Å². The van der Waals surface area contributed by atoms with Gasteiger partial charge in [0.25, 0.3) is 34.6 Å². The molecule has 0 aliphatic carbocycles. The zero-order valence-corrected chi connectivity index (χ0v) is 82.3. The molecule has 0 saturated carbocycles. The molecule has 8 heterocycles. The van der Waals surface area contributed by atoms with Crippen LogP contribution in [0.5, 0.6) is 17.4 Å². The molecular weight excluding hydrogens is 1900 g/mol. The number of hydrogen-bond acceptors (Lipinski definition) is 25. The lowest BCUT2D eigenvalue weighted by atomic mass is 9.89. The molecule has 2 saturated heterocycles. The van der Waals surface area contributed by atoms with Crippen molar-refractivity contribution in [3.05, 3.63) is 340 Å². The molecule has 34 heteroatoms. The number of non-ortho nitro benzene ring substituents is 2. The number of fused-ring (bicyclic) bond motifs is 2. The van der Waals surface area contributed by atoms with Crippen molar-refractivity contribution in [1.29, 1.82) is 0 Å². The van der Waals surface area contributed by atoms with Crippen molar-refractivity contribution in [1.82, 2.24) is 35.4 Å². The minimum absolute atomic E-state index is 0.0159. The Morgan fingerprint density at radius 1 is 0.553 bits per heavy atom. The fraction of sp³-hybridized carbons (Fsp3) is 0.308. The lowest BCUT2D eigenvalue weighted by Crippen LogP contribution is -2.48. The first-order valence-electron chi connectivity index (χ1n) is 46.4. The molecule has 0 radical (unpaired) electrons. The molecule has 5 amide bonds. The number of anilines is 2. The molecule has 0 spiro atoms. The van der Waals surface area contributed by atoms with E-state index in [1.54, 1.807) is 93.2 Å². The van der Waals surface area contributed by atoms with E-state index < -0.39 is 51.5 Å². The molecule has 4 aliphatic heterocycles. The highest BCUT2D eigenvalue weighted by atomic mass is 79.9. The van der Waals surface area contributed by atoms with Gasteiger partial charge in [-0.05, 0) is 161 Å². The third-order valence-electron chi connectivity index (χ3n) is 24.6. The summed E-state index contributed by atoms with van der Waals surface area (Å²) in [6.45, 7) is 18.9. The molecule has 8 atom stereocenters. The number of nitro benzene ring substituents is 2. The molecule has 12 aromatic rings. The minimum Gasteiger partial charge on any atom is -0.491 e. The summed E-state index contributed by atoms with van der Waals surface area (Å²) in [4.78, 5) is 131. The van der Waals surface area contributed by atoms with E-state index in [1.165, 1.54) is 40.1 Å². The number of aliphatic hydroxyl groups is 2. The Hall–Kier alpha value is -14.3. The van der Waals surface area contributed by atoms with Gasteiger partial charge < -0.3 is 67.9 Å². The number of nitrogens with one attached hydrogen (secondary N) is 2. The Balaban J connectivity index is 0.000000186. The molecule has 141 heavy (non-hydrogen) atoms. The van der Waals surface area contributed by atoms with Crippen LogP contribution < -0.4 is 34.9 Å². The van der Waals surface area contributed by atoms with Gasteiger partial charge in [-0.1, -0.05) is 184 Å². The summed E-state index contributed by atoms with van der Waals surface area (Å²) in [5, 5.41) is 52.9. The van der Waals surface area contributed by atoms with Crippen LogP contribution in [0.3, 0.4) is 0 Å². The fourth-order valence-electron chi connectivity index (χ4n) is 17.2. The van der Waals surface area contributed by atoms with Gasteiger partial charge in [-0.2, -0.15) is 5.16 Å². The molecule has 31 nitrogen and oxygen atoms in total. The van der Waals surface area contributed by atoms with Gasteiger partial charge >= 0.3 is 0 Å². The van der Waals surface area contributed by atoms with Gasteiger partial charge in [0.15, 0.2) is 17.3 Å². The number of para-hydroxylation sites is 2. The summed E-state index contributed by atoms with van der Waals surface area (Å²) >= 11 is 6.49. The highest BCUT2D eigenvalue weighted by Crippen LogP contribution is 2.42. The van der Waals surface area contributed by atoms with E-state index in [0.717, 1.165) is 99.2 Å². The first kappa shape index (κ1) is 103. The maximum Gasteiger partial charge on any atom is 0.280 e. The van der Waals surface area contributed by atoms with Crippen LogP contribution in [-0.4, -0.2) is 174 Å². The van der Waals surface area contributed by atoms with Crippen LogP contribution >= 0.6 is 38.6 Å². The Kier molecular flexibility index (Phi) is 35.3. The van der Waals surface area contributed by atoms with Crippen molar-refractivity contribution < 1.29 is 81.6 Å². The van der Waals surface area contributed by atoms with Crippen LogP contribution in [0.1, 0.15) is 152 Å². The number of likely N-dealkylation sites (tertiary alicyclic amines) is 2. The number of carbonyl (C=O) groups excluding carboxylic acids is 6. The van der Waals surface area contributed by atoms with Crippen LogP contribution in [0.2, 0.25) is 0 Å². The first-order chi connectivity index (χ1) is 68.1. The number of nitrogens with zero attached hydrogens (tertiary/aromatic N) is 9. The number of carbonyl (C=O) groups is 6. The van der Waals surface area contributed by atoms with Crippen molar-refractivity contribution in [3.8, 4) is 38.3 Å². The minimum atomic E-state index is -0.814. The molecular formula is C107H110BrN11O20S2. The number of Topliss-reactive ketones (excluding diaryl/α,β-unsaturated/α-hetero) is 1. The van der Waals surface area contributed by atoms with Crippen LogP contribution in [-0.2, 0) is 51.3 Å². The number of rotatable bonds is 39. The second-order valence-corrected chi connectivity index (χ2v) is 37.6. The molecule has 8 aromatic carbocycles. The molecule has 4 aromatic heterocycles. The number of hydrogen-bond donors (Lipinski definition) is 4. The van der Waals surface area contributed by atoms with E-state index in [1.807, 2.05) is 218 Å². The zero-order chi connectivity index (χ0) is 99.9. The molecule has 2 unspecified atom stereocenters. The highest BCUT2D eigenvalue weighted by molar-refractivity contribution is 9.09. The summed E-state index contributed by atoms with van der Waals surface area (Å²) in [7, 11) is 0. The number of amides is 5. The Morgan fingerprint density at radius 3 is 1.45 bits per heavy atom. The fourth-order valence-corrected chi connectivity index (χ4v) is 19.1. The van der Waals surface area contributed by atoms with Crippen molar-refractivity contribution >= 4 is 120 Å². The number of ether oxygens (including phenoxy) is 5. The SMILES string of the molecule is Cc1ncsc1-c1ccc([C@H](C)CC(=O)[C@@H]2C[C@@H](O)CN2C(=O)C(c2cc(OCCOCCOc3ccc(CN4C(=O)C(=CC=Cc5ccc([N+](=O)[O-])cc5)c5ccccc54)cc3)no2)C(C)C)cc1.Cc1ncsc1-c1ccc([C@H](C)NC(=O)[C@@H]2C[C@@H](O)CN2C(=O)C(c2cc(=O)[nH]o2)C(C)C)cc1.O=C1C(=CC=Cc2ccc([N+](=O)[O-])cc2)c2ccccc2N1Cc1ccc(OCCOCCBr)cc1. The van der Waals surface area contributed by atoms with Crippen LogP contribution in [0.15, 0.2) is 255 Å². The monoisotopic (exact) mass is 2010 g/mol. The van der Waals surface area contributed by atoms with Crippen LogP contribution in [0.25, 0.3) is 44.2 Å². The van der Waals surface area contributed by atoms with Gasteiger partial charge in [0.1, 0.15) is 49.2 Å². The maximum atomic E-state index is 14.2. The number of benzene rings is 8. The quantitative estimate of drug-likeness (QED) is 0.00914. The topological polar surface area (TPSA) is 398 Å². The van der Waals surface area contributed by atoms with E-state index in [4.69, 9.17) is 32.7 Å². The molecule has 4 aliphatic rings. The summed E-state index contributed by atoms with van der Waals surface area (Å²) in [5.41, 5.74) is 17.4. The molecule has 4 N–H and O–H groups in total. The van der Waals surface area contributed by atoms with Crippen molar-refractivity contribution in [2.75, 3.05) is 74.5 Å². The van der Waals surface area contributed by atoms with Gasteiger partial charge in [0.05, 0.1) is 117 Å². The summed E-state index contributed by atoms with van der Waals surface area (Å²) in [5.74, 6) is -1.07. The second-order valence-electron chi connectivity index (χ2n) is 35.1. The number of aromatic amines is 1. The molecule has 732 valence electrons. The van der Waals surface area contributed by atoms with Crippen LogP contribution in [0.4, 0.5) is 22.7 Å². The standard InChI is InChI=1S/C54H55N5O10S.C28H25BrN2O5.C25H30N4O5S/c1-34(2)51(54(63)58-32-42(60)29-47(58)48(61)28-35(3)39-16-18-40(19-17-39)52-36(4)55-33-70-52)49-30-50(56-69-49)68-27-25-66-24-26-67-43-22-14-38(15-23-43)31-57-46-11-6-5-9-44(46)45(53(57)62)10-7-8-37-12-20-41(21-13-37)59(64)65;29-16-17-35-18-19-36-24-14-10-22(11-15-24)20-30-27-7-2-1-5-25(27)26(28(30)32)6-3-4-21-8-12-23(13-9-21)31(33)34;1-13(2)22(20-10-21(31)28-34-20)25(33)29-11-18(30)9-19(29)24(32)27-14(3)16-5-7-17(8-6-16)23-15(4)26-12-35-23/h5-23,30,33-35,42,47,51,60H,24-29,31-32H2,1-4H3;1-15H,16-20H2;5-8,10,12-14,18-19,22,30H,9,11H2,1-4H3,(H,27,32)(H,28,31)/t35-,42-,47+,51?;;14-,18+,19-,22?/m1.0/s1. The number of thiazole rings is 2. The number of aliphatic hydroxyl groups excluding tert-OH is 2. The number of halogens is 1. The summed E-state index contributed by atoms with van der Waals surface area (Å²) in [6.07, 6.45) is 9.68. The predicted octanol–water partition coefficient (Wildman–Crippen LogP) is 18.6. The van der Waals surface area contributed by atoms with E-state index >= 15 is 0 Å². The van der Waals surface area contributed by atoms with Crippen molar-refractivity contribution in [2.45, 2.75) is 136 Å². The zero-order valence-electron chi connectivity index (χ0n) is 79.1. The maximum absolute atomic E-state index is 14.2. The number of H-pyrrole nitrogens is 1. The number of ketones is 1. The predicted molar refractivity (Wildman–Crippen MR) is 543 cm³/mol. The molecule has 16 rings (SSSR count). The Labute approximate surface area is 831 Å². The largest absolute Gasteiger partial charge is 0.491 e. The second kappa shape index (κ2) is 48.6. The summed E-state index contributed by atoms with van der Waals surface area (Å²) < 4.78 is 39.3. The number of nitro groups is 2. The van der Waals surface area contributed by atoms with E-state index in [2.05, 4.69) is 41.5 Å². The van der Waals surface area contributed by atoms with Crippen molar-refractivity contribution in [3.63, 3.8) is 0 Å². The number of alkyl halides is 1. The lowest BCUT2D eigenvalue weighted by molar-refractivity contribution is -0.385. The highest BCUT2D eigenvalue weighted by Gasteiger charge is 2.46. The number of allylic oxidation sites excluding steroid dienone is 4. The Morgan fingerprint density at radius 2 is 1.00 bits per heavy atom. The van der Waals surface area contributed by atoms with Gasteiger partial charge in [0, 0.05) is 96.4 Å². The smallest absolute Gasteiger partial charge is 0.280 e. The third-order valence-corrected chi connectivity index (χ3v) is 26.8. The average Bonchev–Trinajstić information content (AvgIpc) is 1.62. The average molecular weight is 2010 g/mol. The van der Waals surface area contributed by atoms with Gasteiger partial charge in [0.2, 0.25) is 17.7 Å². The lowest BCUT2D eigenvalue weighted by Gasteiger charge is -2.29. The van der Waals surface area contributed by atoms with E-state index in [0.29, 0.717) is 68.8 Å². The van der Waals surface area contributed by atoms with Gasteiger partial charge in [-0.25, -0.2) is 9.97 Å². The van der Waals surface area contributed by atoms with Crippen molar-refractivity contribution in [2.24, 2.45) is 11.8 Å². The van der Waals surface area contributed by atoms with Crippen LogP contribution in [0, 0.1) is 45.9 Å². The number of aryl methyl sites for hydroxylation is 2. The molecule has 2 fully saturated rings. The molecule has 0 bridgehead atoms. The normalized spacial score (nSPS) is 16.9. The van der Waals surface area contributed by atoms with E-state index in [9.17, 15) is 64.0 Å². The third kappa shape index (κ3) is 26.3. The number of aromatic nitrogens is 4. The first-order valence-corrected chi connectivity index (χ1v) is 49.3. The van der Waals surface area contributed by atoms with Gasteiger partial charge in [-0.15, -0.1) is 22.7 Å². The Bertz CT molecular complexity index is 6550. The summed E-state index contributed by atoms with van der Waals surface area (Å²) in [6, 6.07) is 60.2.